The van der Waals surface area contributed by atoms with Gasteiger partial charge in [-0.2, -0.15) is 0 Å². The average molecular weight is 179 g/mol. The first kappa shape index (κ1) is 8.13. The number of halogens is 2. The van der Waals surface area contributed by atoms with Gasteiger partial charge in [0.2, 0.25) is 5.50 Å². The molecular formula is C5H4ClFN2O2. The SMILES string of the molecule is O=[N+]([O-])C1=CC(F)C=NC1Cl. The highest BCUT2D eigenvalue weighted by Gasteiger charge is 2.26. The van der Waals surface area contributed by atoms with Gasteiger partial charge in [0, 0.05) is 12.3 Å². The van der Waals surface area contributed by atoms with Crippen LogP contribution in [0, 0.1) is 10.1 Å². The molecule has 2 unspecified atom stereocenters. The first-order chi connectivity index (χ1) is 5.11. The normalized spacial score (nSPS) is 29.8. The minimum absolute atomic E-state index is 0.401. The lowest BCUT2D eigenvalue weighted by Crippen LogP contribution is -2.18. The highest BCUT2D eigenvalue weighted by molar-refractivity contribution is 6.22. The van der Waals surface area contributed by atoms with Gasteiger partial charge >= 0.3 is 0 Å². The van der Waals surface area contributed by atoms with E-state index in [1.807, 2.05) is 0 Å². The summed E-state index contributed by atoms with van der Waals surface area (Å²) in [6.07, 6.45) is 0.278. The maximum Gasteiger partial charge on any atom is 0.284 e. The van der Waals surface area contributed by atoms with Crippen LogP contribution in [0.15, 0.2) is 16.8 Å². The van der Waals surface area contributed by atoms with E-state index < -0.39 is 22.3 Å². The zero-order valence-corrected chi connectivity index (χ0v) is 6.03. The predicted octanol–water partition coefficient (Wildman–Crippen LogP) is 1.13. The molecule has 0 aliphatic carbocycles. The van der Waals surface area contributed by atoms with Crippen LogP contribution < -0.4 is 0 Å². The fourth-order valence-corrected chi connectivity index (χ4v) is 0.885. The van der Waals surface area contributed by atoms with Crippen LogP contribution in [0.5, 0.6) is 0 Å². The summed E-state index contributed by atoms with van der Waals surface area (Å²) in [4.78, 5) is 12.8. The van der Waals surface area contributed by atoms with Gasteiger partial charge in [0.1, 0.15) is 0 Å². The smallest absolute Gasteiger partial charge is 0.263 e. The summed E-state index contributed by atoms with van der Waals surface area (Å²) in [6.45, 7) is 0. The molecule has 0 fully saturated rings. The summed E-state index contributed by atoms with van der Waals surface area (Å²) in [5, 5.41) is 10.1. The van der Waals surface area contributed by atoms with Crippen molar-refractivity contribution in [3.63, 3.8) is 0 Å². The van der Waals surface area contributed by atoms with E-state index in [2.05, 4.69) is 4.99 Å². The van der Waals surface area contributed by atoms with Crippen LogP contribution in [-0.4, -0.2) is 22.8 Å². The van der Waals surface area contributed by atoms with Gasteiger partial charge in [0.15, 0.2) is 6.17 Å². The molecule has 60 valence electrons. The van der Waals surface area contributed by atoms with E-state index in [1.165, 1.54) is 0 Å². The van der Waals surface area contributed by atoms with Crippen LogP contribution in [0.3, 0.4) is 0 Å². The lowest BCUT2D eigenvalue weighted by Gasteiger charge is -2.06. The topological polar surface area (TPSA) is 55.5 Å². The van der Waals surface area contributed by atoms with Crippen molar-refractivity contribution >= 4 is 17.8 Å². The number of alkyl halides is 2. The predicted molar refractivity (Wildman–Crippen MR) is 38.1 cm³/mol. The van der Waals surface area contributed by atoms with Crippen molar-refractivity contribution in [3.8, 4) is 0 Å². The summed E-state index contributed by atoms with van der Waals surface area (Å²) in [7, 11) is 0. The molecule has 0 radical (unpaired) electrons. The number of aliphatic imine (C=N–C) groups is 1. The Labute approximate surface area is 66.5 Å². The van der Waals surface area contributed by atoms with Crippen molar-refractivity contribution in [2.75, 3.05) is 0 Å². The summed E-state index contributed by atoms with van der Waals surface area (Å²) in [5.41, 5.74) is -1.46. The standard InChI is InChI=1S/C5H4ClFN2O2/c6-5-4(9(10)11)1-3(7)2-8-5/h1-3,5H. The molecule has 2 atom stereocenters. The molecule has 0 saturated heterocycles. The second-order valence-corrected chi connectivity index (χ2v) is 2.34. The van der Waals surface area contributed by atoms with E-state index in [1.54, 1.807) is 0 Å². The first-order valence-corrected chi connectivity index (χ1v) is 3.22. The van der Waals surface area contributed by atoms with Gasteiger partial charge in [-0.1, -0.05) is 11.6 Å². The van der Waals surface area contributed by atoms with Crippen molar-refractivity contribution in [2.24, 2.45) is 4.99 Å². The van der Waals surface area contributed by atoms with Crippen LogP contribution in [-0.2, 0) is 0 Å². The Bertz CT molecular complexity index is 241. The summed E-state index contributed by atoms with van der Waals surface area (Å²) < 4.78 is 12.4. The van der Waals surface area contributed by atoms with Crippen LogP contribution >= 0.6 is 11.6 Å². The van der Waals surface area contributed by atoms with Gasteiger partial charge in [-0.25, -0.2) is 4.39 Å². The number of rotatable bonds is 1. The summed E-state index contributed by atoms with van der Waals surface area (Å²) in [5.74, 6) is 0. The number of nitrogens with zero attached hydrogens (tertiary/aromatic N) is 2. The Kier molecular flexibility index (Phi) is 2.19. The number of allylic oxidation sites excluding steroid dienone is 1. The maximum absolute atomic E-state index is 12.4. The third kappa shape index (κ3) is 1.74. The molecular weight excluding hydrogens is 175 g/mol. The van der Waals surface area contributed by atoms with E-state index in [0.29, 0.717) is 0 Å². The molecule has 0 N–H and O–H groups in total. The lowest BCUT2D eigenvalue weighted by atomic mass is 10.2. The fourth-order valence-electron chi connectivity index (χ4n) is 0.668. The van der Waals surface area contributed by atoms with E-state index in [9.17, 15) is 14.5 Å². The number of hydrogen-bond acceptors (Lipinski definition) is 3. The van der Waals surface area contributed by atoms with E-state index >= 15 is 0 Å². The molecule has 4 nitrogen and oxygen atoms in total. The summed E-state index contributed by atoms with van der Waals surface area (Å²) in [6, 6.07) is 0. The molecule has 0 aromatic heterocycles. The average Bonchev–Trinajstić information content (AvgIpc) is 1.94. The first-order valence-electron chi connectivity index (χ1n) is 2.79. The highest BCUT2D eigenvalue weighted by Crippen LogP contribution is 2.17. The molecule has 11 heavy (non-hydrogen) atoms. The zero-order valence-electron chi connectivity index (χ0n) is 5.28. The molecule has 0 saturated carbocycles. The van der Waals surface area contributed by atoms with Gasteiger partial charge < -0.3 is 0 Å². The van der Waals surface area contributed by atoms with Crippen molar-refractivity contribution in [1.29, 1.82) is 0 Å². The Hall–Kier alpha value is -0.970. The molecule has 1 heterocycles. The van der Waals surface area contributed by atoms with E-state index in [4.69, 9.17) is 11.6 Å². The third-order valence-corrected chi connectivity index (χ3v) is 1.48. The molecule has 0 aromatic carbocycles. The molecule has 0 bridgehead atoms. The Morgan fingerprint density at radius 2 is 2.45 bits per heavy atom. The monoisotopic (exact) mass is 178 g/mol. The quantitative estimate of drug-likeness (QED) is 0.262. The molecule has 6 heteroatoms. The molecule has 0 spiro atoms. The molecule has 1 aliphatic heterocycles. The zero-order chi connectivity index (χ0) is 8.43. The van der Waals surface area contributed by atoms with Gasteiger partial charge in [-0.15, -0.1) is 0 Å². The lowest BCUT2D eigenvalue weighted by molar-refractivity contribution is -0.427. The van der Waals surface area contributed by atoms with Crippen LogP contribution in [0.2, 0.25) is 0 Å². The molecule has 0 aromatic rings. The van der Waals surface area contributed by atoms with Gasteiger partial charge in [-0.05, 0) is 0 Å². The second kappa shape index (κ2) is 2.96. The molecule has 0 amide bonds. The van der Waals surface area contributed by atoms with Gasteiger partial charge in [-0.3, -0.25) is 15.1 Å². The van der Waals surface area contributed by atoms with Crippen molar-refractivity contribution < 1.29 is 9.31 Å². The largest absolute Gasteiger partial charge is 0.284 e. The Balaban J connectivity index is 2.84. The minimum Gasteiger partial charge on any atom is -0.263 e. The maximum atomic E-state index is 12.4. The number of hydrogen-bond donors (Lipinski definition) is 0. The van der Waals surface area contributed by atoms with Crippen molar-refractivity contribution in [1.82, 2.24) is 0 Å². The van der Waals surface area contributed by atoms with Crippen molar-refractivity contribution in [2.45, 2.75) is 11.7 Å². The Morgan fingerprint density at radius 1 is 1.82 bits per heavy atom. The number of dihydropyridines is 1. The van der Waals surface area contributed by atoms with E-state index in [0.717, 1.165) is 12.3 Å². The van der Waals surface area contributed by atoms with Crippen LogP contribution in [0.4, 0.5) is 4.39 Å². The van der Waals surface area contributed by atoms with Gasteiger partial charge in [0.25, 0.3) is 5.70 Å². The van der Waals surface area contributed by atoms with Crippen molar-refractivity contribution in [3.05, 3.63) is 21.9 Å². The van der Waals surface area contributed by atoms with E-state index in [-0.39, 0.29) is 0 Å². The fraction of sp³-hybridized carbons (Fsp3) is 0.400. The highest BCUT2D eigenvalue weighted by atomic mass is 35.5. The minimum atomic E-state index is -1.50. The van der Waals surface area contributed by atoms with Crippen LogP contribution in [0.25, 0.3) is 0 Å². The summed E-state index contributed by atoms with van der Waals surface area (Å²) >= 11 is 5.37. The third-order valence-electron chi connectivity index (χ3n) is 1.14. The van der Waals surface area contributed by atoms with Gasteiger partial charge in [0.05, 0.1) is 4.92 Å². The Morgan fingerprint density at radius 3 is 2.91 bits per heavy atom. The van der Waals surface area contributed by atoms with Crippen LogP contribution in [0.1, 0.15) is 0 Å². The number of nitro groups is 1. The molecule has 1 aliphatic rings. The molecule has 1 rings (SSSR count). The second-order valence-electron chi connectivity index (χ2n) is 1.93.